The second-order valence-corrected chi connectivity index (χ2v) is 2.20. The maximum absolute atomic E-state index is 10.7. The molecule has 0 saturated carbocycles. The van der Waals surface area contributed by atoms with Crippen LogP contribution in [0.15, 0.2) is 29.4 Å². The van der Waals surface area contributed by atoms with Gasteiger partial charge in [0.1, 0.15) is 0 Å². The summed E-state index contributed by atoms with van der Waals surface area (Å²) in [5, 5.41) is 12.4. The fourth-order valence-corrected chi connectivity index (χ4v) is 0.805. The van der Waals surface area contributed by atoms with Crippen molar-refractivity contribution in [2.75, 3.05) is 0 Å². The van der Waals surface area contributed by atoms with Gasteiger partial charge in [0.15, 0.2) is 0 Å². The Kier molecular flexibility index (Phi) is 2.44. The number of hydrogen-bond acceptors (Lipinski definition) is 4. The van der Waals surface area contributed by atoms with Crippen LogP contribution in [0.25, 0.3) is 0 Å². The molecule has 0 N–H and O–H groups in total. The normalized spacial score (nSPS) is 9.23. The number of nitro benzene ring substituents is 1. The van der Waals surface area contributed by atoms with Crippen LogP contribution in [0.1, 0.15) is 10.4 Å². The highest BCUT2D eigenvalue weighted by atomic mass is 16.6. The molecule has 1 aromatic carbocycles. The third-order valence-electron chi connectivity index (χ3n) is 1.39. The van der Waals surface area contributed by atoms with Gasteiger partial charge in [-0.25, -0.2) is 0 Å². The lowest BCUT2D eigenvalue weighted by molar-refractivity contribution is -0.384. The molecular formula is C7H4N2O4. The zero-order valence-electron chi connectivity index (χ0n) is 6.34. The van der Waals surface area contributed by atoms with E-state index in [1.165, 1.54) is 18.2 Å². The van der Waals surface area contributed by atoms with Gasteiger partial charge in [-0.3, -0.25) is 14.9 Å². The van der Waals surface area contributed by atoms with Gasteiger partial charge in [-0.15, -0.1) is 4.91 Å². The number of nitrogens with zero attached hydrogens (tertiary/aromatic N) is 2. The summed E-state index contributed by atoms with van der Waals surface area (Å²) >= 11 is 0. The van der Waals surface area contributed by atoms with Gasteiger partial charge >= 0.3 is 5.91 Å². The Morgan fingerprint density at radius 3 is 2.69 bits per heavy atom. The van der Waals surface area contributed by atoms with Gasteiger partial charge in [-0.1, -0.05) is 6.07 Å². The van der Waals surface area contributed by atoms with Gasteiger partial charge in [0, 0.05) is 17.3 Å². The zero-order valence-corrected chi connectivity index (χ0v) is 6.34. The minimum Gasteiger partial charge on any atom is -0.263 e. The van der Waals surface area contributed by atoms with Crippen LogP contribution in [0, 0.1) is 15.0 Å². The number of hydrogen-bond donors (Lipinski definition) is 0. The third kappa shape index (κ3) is 1.92. The second-order valence-electron chi connectivity index (χ2n) is 2.20. The van der Waals surface area contributed by atoms with Crippen LogP contribution in [-0.2, 0) is 0 Å². The first-order chi connectivity index (χ1) is 6.15. The highest BCUT2D eigenvalue weighted by molar-refractivity contribution is 5.95. The topological polar surface area (TPSA) is 89.6 Å². The molecule has 0 unspecified atom stereocenters. The molecular weight excluding hydrogens is 176 g/mol. The van der Waals surface area contributed by atoms with Crippen molar-refractivity contribution in [1.29, 1.82) is 0 Å². The Balaban J connectivity index is 3.12. The van der Waals surface area contributed by atoms with Crippen LogP contribution in [0.3, 0.4) is 0 Å². The van der Waals surface area contributed by atoms with Gasteiger partial charge in [0.25, 0.3) is 5.69 Å². The Labute approximate surface area is 72.3 Å². The van der Waals surface area contributed by atoms with E-state index in [0.29, 0.717) is 0 Å². The monoisotopic (exact) mass is 180 g/mol. The lowest BCUT2D eigenvalue weighted by Crippen LogP contribution is -1.95. The molecule has 6 heteroatoms. The lowest BCUT2D eigenvalue weighted by Gasteiger charge is -1.92. The molecule has 0 aliphatic heterocycles. The molecule has 66 valence electrons. The number of amides is 1. The first-order valence-electron chi connectivity index (χ1n) is 3.27. The highest BCUT2D eigenvalue weighted by Gasteiger charge is 2.10. The molecule has 0 fully saturated rings. The summed E-state index contributed by atoms with van der Waals surface area (Å²) < 4.78 is 0. The second kappa shape index (κ2) is 3.53. The van der Waals surface area contributed by atoms with Crippen molar-refractivity contribution >= 4 is 11.6 Å². The molecule has 0 bridgehead atoms. The lowest BCUT2D eigenvalue weighted by atomic mass is 10.2. The summed E-state index contributed by atoms with van der Waals surface area (Å²) in [7, 11) is 0. The minimum absolute atomic E-state index is 0.0794. The summed E-state index contributed by atoms with van der Waals surface area (Å²) in [5.74, 6) is -1.01. The SMILES string of the molecule is O=NC(=O)c1cccc([N+](=O)[O-])c1. The van der Waals surface area contributed by atoms with E-state index in [-0.39, 0.29) is 11.3 Å². The van der Waals surface area contributed by atoms with Crippen LogP contribution in [0.5, 0.6) is 0 Å². The van der Waals surface area contributed by atoms with E-state index in [2.05, 4.69) is 5.18 Å². The average Bonchev–Trinajstić information content (AvgIpc) is 2.17. The van der Waals surface area contributed by atoms with Crippen molar-refractivity contribution in [3.8, 4) is 0 Å². The highest BCUT2D eigenvalue weighted by Crippen LogP contribution is 2.13. The number of carbonyl (C=O) groups excluding carboxylic acids is 1. The molecule has 0 heterocycles. The van der Waals surface area contributed by atoms with Crippen LogP contribution >= 0.6 is 0 Å². The van der Waals surface area contributed by atoms with Crippen molar-refractivity contribution < 1.29 is 9.72 Å². The molecule has 0 aliphatic rings. The van der Waals surface area contributed by atoms with E-state index in [1.807, 2.05) is 0 Å². The molecule has 0 atom stereocenters. The number of non-ortho nitro benzene ring substituents is 1. The molecule has 0 spiro atoms. The Morgan fingerprint density at radius 1 is 1.46 bits per heavy atom. The van der Waals surface area contributed by atoms with Crippen molar-refractivity contribution in [3.63, 3.8) is 0 Å². The fourth-order valence-electron chi connectivity index (χ4n) is 0.805. The third-order valence-corrected chi connectivity index (χ3v) is 1.39. The van der Waals surface area contributed by atoms with E-state index in [0.717, 1.165) is 6.07 Å². The maximum Gasteiger partial charge on any atom is 0.317 e. The smallest absolute Gasteiger partial charge is 0.263 e. The summed E-state index contributed by atoms with van der Waals surface area (Å²) in [4.78, 5) is 30.1. The molecule has 0 saturated heterocycles. The first kappa shape index (κ1) is 8.98. The zero-order chi connectivity index (χ0) is 9.84. The molecule has 13 heavy (non-hydrogen) atoms. The Morgan fingerprint density at radius 2 is 2.15 bits per heavy atom. The largest absolute Gasteiger partial charge is 0.317 e. The van der Waals surface area contributed by atoms with Gasteiger partial charge in [0.05, 0.1) is 10.5 Å². The maximum atomic E-state index is 10.7. The van der Waals surface area contributed by atoms with E-state index < -0.39 is 10.8 Å². The van der Waals surface area contributed by atoms with Crippen molar-refractivity contribution in [2.24, 2.45) is 5.18 Å². The molecule has 1 amide bonds. The standard InChI is InChI=1S/C7H4N2O4/c10-7(8-11)5-2-1-3-6(4-5)9(12)13/h1-4H. The van der Waals surface area contributed by atoms with E-state index >= 15 is 0 Å². The van der Waals surface area contributed by atoms with Gasteiger partial charge in [0.2, 0.25) is 0 Å². The quantitative estimate of drug-likeness (QED) is 0.391. The fraction of sp³-hybridized carbons (Fsp3) is 0. The van der Waals surface area contributed by atoms with Crippen LogP contribution in [0.4, 0.5) is 5.69 Å². The van der Waals surface area contributed by atoms with Gasteiger partial charge < -0.3 is 0 Å². The van der Waals surface area contributed by atoms with Crippen LogP contribution in [-0.4, -0.2) is 10.8 Å². The summed E-state index contributed by atoms with van der Waals surface area (Å²) in [5.41, 5.74) is -0.321. The minimum atomic E-state index is -1.01. The molecule has 6 nitrogen and oxygen atoms in total. The predicted octanol–water partition coefficient (Wildman–Crippen LogP) is 1.50. The van der Waals surface area contributed by atoms with E-state index in [1.54, 1.807) is 0 Å². The molecule has 0 radical (unpaired) electrons. The average molecular weight is 180 g/mol. The molecule has 0 aliphatic carbocycles. The molecule has 1 rings (SSSR count). The first-order valence-corrected chi connectivity index (χ1v) is 3.27. The summed E-state index contributed by atoms with van der Waals surface area (Å²) in [6, 6.07) is 4.83. The predicted molar refractivity (Wildman–Crippen MR) is 43.2 cm³/mol. The Hall–Kier alpha value is -2.11. The number of benzene rings is 1. The summed E-state index contributed by atoms with van der Waals surface area (Å²) in [6.07, 6.45) is 0. The van der Waals surface area contributed by atoms with Crippen molar-refractivity contribution in [3.05, 3.63) is 44.9 Å². The molecule has 1 aromatic rings. The van der Waals surface area contributed by atoms with Crippen molar-refractivity contribution in [1.82, 2.24) is 0 Å². The van der Waals surface area contributed by atoms with Gasteiger partial charge in [-0.2, -0.15) is 0 Å². The van der Waals surface area contributed by atoms with E-state index in [9.17, 15) is 19.8 Å². The van der Waals surface area contributed by atoms with Gasteiger partial charge in [-0.05, 0) is 6.07 Å². The number of rotatable bonds is 2. The van der Waals surface area contributed by atoms with Crippen LogP contribution in [0.2, 0.25) is 0 Å². The number of nitro groups is 1. The van der Waals surface area contributed by atoms with Crippen LogP contribution < -0.4 is 0 Å². The van der Waals surface area contributed by atoms with E-state index in [4.69, 9.17) is 0 Å². The van der Waals surface area contributed by atoms with Crippen molar-refractivity contribution in [2.45, 2.75) is 0 Å². The molecule has 0 aromatic heterocycles. The number of nitroso groups, excluding NO2 is 1. The Bertz CT molecular complexity index is 375. The summed E-state index contributed by atoms with van der Waals surface area (Å²) in [6.45, 7) is 0. The number of carbonyl (C=O) groups is 1.